The number of nitrogens with zero attached hydrogens (tertiary/aromatic N) is 2. The molecule has 1 aromatic carbocycles. The van der Waals surface area contributed by atoms with Crippen LogP contribution in [0.2, 0.25) is 0 Å². The average molecular weight is 314 g/mol. The summed E-state index contributed by atoms with van der Waals surface area (Å²) in [4.78, 5) is 4.64. The molecule has 0 saturated heterocycles. The molecule has 0 N–H and O–H groups in total. The zero-order valence-electron chi connectivity index (χ0n) is 14.5. The average Bonchev–Trinajstić information content (AvgIpc) is 3.03. The second kappa shape index (κ2) is 6.75. The standard InChI is InChI=1S/C19H26N2O2/c1-13-11-14(2)18(23-4)17(12-13)19-20-9-10-21(19)15-5-7-16(22-3)8-6-15/h9-12,15-16H,5-8H2,1-4H3. The lowest BCUT2D eigenvalue weighted by molar-refractivity contribution is 0.0586. The number of rotatable bonds is 4. The van der Waals surface area contributed by atoms with Gasteiger partial charge in [-0.05, 0) is 56.7 Å². The highest BCUT2D eigenvalue weighted by atomic mass is 16.5. The highest BCUT2D eigenvalue weighted by Gasteiger charge is 2.25. The molecule has 4 heteroatoms. The Morgan fingerprint density at radius 1 is 1.09 bits per heavy atom. The van der Waals surface area contributed by atoms with Gasteiger partial charge in [0, 0.05) is 25.5 Å². The molecule has 0 unspecified atom stereocenters. The van der Waals surface area contributed by atoms with Gasteiger partial charge in [-0.1, -0.05) is 6.07 Å². The Morgan fingerprint density at radius 2 is 1.83 bits per heavy atom. The second-order valence-electron chi connectivity index (χ2n) is 6.49. The summed E-state index contributed by atoms with van der Waals surface area (Å²) in [5.74, 6) is 1.93. The third kappa shape index (κ3) is 3.13. The third-order valence-electron chi connectivity index (χ3n) is 4.90. The maximum atomic E-state index is 5.66. The van der Waals surface area contributed by atoms with Crippen LogP contribution in [0.3, 0.4) is 0 Å². The molecule has 124 valence electrons. The molecule has 1 saturated carbocycles. The van der Waals surface area contributed by atoms with Crippen molar-refractivity contribution in [3.05, 3.63) is 35.7 Å². The van der Waals surface area contributed by atoms with E-state index in [2.05, 4.69) is 41.7 Å². The highest BCUT2D eigenvalue weighted by Crippen LogP contribution is 2.37. The van der Waals surface area contributed by atoms with Gasteiger partial charge < -0.3 is 14.0 Å². The summed E-state index contributed by atoms with van der Waals surface area (Å²) in [5, 5.41) is 0. The van der Waals surface area contributed by atoms with Crippen molar-refractivity contribution in [2.45, 2.75) is 51.7 Å². The van der Waals surface area contributed by atoms with Crippen LogP contribution in [0.5, 0.6) is 5.75 Å². The fourth-order valence-electron chi connectivity index (χ4n) is 3.77. The predicted octanol–water partition coefficient (Wildman–Crippen LogP) is 4.31. The van der Waals surface area contributed by atoms with Gasteiger partial charge in [0.25, 0.3) is 0 Å². The number of imidazole rings is 1. The molecule has 0 radical (unpaired) electrons. The summed E-state index contributed by atoms with van der Waals surface area (Å²) in [5.41, 5.74) is 3.47. The fraction of sp³-hybridized carbons (Fsp3) is 0.526. The summed E-state index contributed by atoms with van der Waals surface area (Å²) in [7, 11) is 3.55. The lowest BCUT2D eigenvalue weighted by Gasteiger charge is -2.29. The van der Waals surface area contributed by atoms with E-state index in [1.54, 1.807) is 7.11 Å². The largest absolute Gasteiger partial charge is 0.496 e. The molecule has 0 atom stereocenters. The van der Waals surface area contributed by atoms with Gasteiger partial charge in [0.2, 0.25) is 0 Å². The van der Waals surface area contributed by atoms with Crippen molar-refractivity contribution < 1.29 is 9.47 Å². The highest BCUT2D eigenvalue weighted by molar-refractivity contribution is 5.68. The second-order valence-corrected chi connectivity index (χ2v) is 6.49. The first-order chi connectivity index (χ1) is 11.1. The normalized spacial score (nSPS) is 21.4. The van der Waals surface area contributed by atoms with E-state index >= 15 is 0 Å². The summed E-state index contributed by atoms with van der Waals surface area (Å²) in [6.07, 6.45) is 8.91. The molecule has 23 heavy (non-hydrogen) atoms. The van der Waals surface area contributed by atoms with Crippen LogP contribution in [0.1, 0.15) is 42.9 Å². The van der Waals surface area contributed by atoms with E-state index in [-0.39, 0.29) is 0 Å². The Balaban J connectivity index is 1.96. The van der Waals surface area contributed by atoms with Gasteiger partial charge in [-0.15, -0.1) is 0 Å². The molecule has 1 aromatic heterocycles. The van der Waals surface area contributed by atoms with Crippen LogP contribution < -0.4 is 4.74 Å². The Kier molecular flexibility index (Phi) is 4.71. The van der Waals surface area contributed by atoms with Crippen molar-refractivity contribution in [3.63, 3.8) is 0 Å². The Labute approximate surface area is 138 Å². The van der Waals surface area contributed by atoms with Gasteiger partial charge in [-0.3, -0.25) is 0 Å². The number of hydrogen-bond acceptors (Lipinski definition) is 3. The van der Waals surface area contributed by atoms with Crippen molar-refractivity contribution in [1.29, 1.82) is 0 Å². The molecule has 2 aromatic rings. The van der Waals surface area contributed by atoms with Crippen molar-refractivity contribution in [3.8, 4) is 17.1 Å². The van der Waals surface area contributed by atoms with Gasteiger partial charge in [-0.25, -0.2) is 4.98 Å². The van der Waals surface area contributed by atoms with E-state index in [0.717, 1.165) is 48.4 Å². The number of benzene rings is 1. The van der Waals surface area contributed by atoms with E-state index < -0.39 is 0 Å². The van der Waals surface area contributed by atoms with E-state index in [4.69, 9.17) is 9.47 Å². The summed E-state index contributed by atoms with van der Waals surface area (Å²) in [6.45, 7) is 4.21. The molecular weight excluding hydrogens is 288 g/mol. The monoisotopic (exact) mass is 314 g/mol. The minimum atomic E-state index is 0.411. The van der Waals surface area contributed by atoms with Crippen LogP contribution in [-0.4, -0.2) is 29.9 Å². The lowest BCUT2D eigenvalue weighted by atomic mass is 9.92. The smallest absolute Gasteiger partial charge is 0.143 e. The maximum absolute atomic E-state index is 5.66. The summed E-state index contributed by atoms with van der Waals surface area (Å²) < 4.78 is 13.5. The maximum Gasteiger partial charge on any atom is 0.143 e. The molecule has 0 bridgehead atoms. The van der Waals surface area contributed by atoms with Crippen molar-refractivity contribution in [2.75, 3.05) is 14.2 Å². The van der Waals surface area contributed by atoms with Gasteiger partial charge in [0.05, 0.1) is 18.8 Å². The van der Waals surface area contributed by atoms with Crippen molar-refractivity contribution >= 4 is 0 Å². The van der Waals surface area contributed by atoms with Crippen LogP contribution in [-0.2, 0) is 4.74 Å². The van der Waals surface area contributed by atoms with Gasteiger partial charge >= 0.3 is 0 Å². The minimum Gasteiger partial charge on any atom is -0.496 e. The van der Waals surface area contributed by atoms with Crippen LogP contribution in [0.25, 0.3) is 11.4 Å². The molecular formula is C19H26N2O2. The van der Waals surface area contributed by atoms with E-state index in [9.17, 15) is 0 Å². The minimum absolute atomic E-state index is 0.411. The van der Waals surface area contributed by atoms with Gasteiger partial charge in [0.15, 0.2) is 0 Å². The molecule has 0 spiro atoms. The van der Waals surface area contributed by atoms with Crippen LogP contribution >= 0.6 is 0 Å². The molecule has 1 heterocycles. The molecule has 1 fully saturated rings. The number of aromatic nitrogens is 2. The molecule has 3 rings (SSSR count). The number of ether oxygens (including phenoxy) is 2. The molecule has 1 aliphatic carbocycles. The molecule has 0 amide bonds. The first-order valence-corrected chi connectivity index (χ1v) is 8.35. The molecule has 0 aliphatic heterocycles. The SMILES string of the molecule is COc1c(C)cc(C)cc1-c1nccn1C1CCC(OC)CC1. The van der Waals surface area contributed by atoms with E-state index in [1.807, 2.05) is 13.3 Å². The molecule has 1 aliphatic rings. The first-order valence-electron chi connectivity index (χ1n) is 8.35. The quantitative estimate of drug-likeness (QED) is 0.844. The summed E-state index contributed by atoms with van der Waals surface area (Å²) >= 11 is 0. The Bertz CT molecular complexity index is 670. The lowest BCUT2D eigenvalue weighted by Crippen LogP contribution is -2.22. The fourth-order valence-corrected chi connectivity index (χ4v) is 3.77. The topological polar surface area (TPSA) is 36.3 Å². The van der Waals surface area contributed by atoms with Crippen LogP contribution in [0.4, 0.5) is 0 Å². The number of aryl methyl sites for hydroxylation is 2. The summed E-state index contributed by atoms with van der Waals surface area (Å²) in [6, 6.07) is 4.81. The Hall–Kier alpha value is -1.81. The number of methoxy groups -OCH3 is 2. The molecule has 4 nitrogen and oxygen atoms in total. The van der Waals surface area contributed by atoms with Crippen molar-refractivity contribution in [1.82, 2.24) is 9.55 Å². The van der Waals surface area contributed by atoms with Crippen LogP contribution in [0.15, 0.2) is 24.5 Å². The Morgan fingerprint density at radius 3 is 2.48 bits per heavy atom. The first kappa shape index (κ1) is 16.1. The van der Waals surface area contributed by atoms with Gasteiger partial charge in [0.1, 0.15) is 11.6 Å². The third-order valence-corrected chi connectivity index (χ3v) is 4.90. The predicted molar refractivity (Wildman–Crippen MR) is 92.0 cm³/mol. The van der Waals surface area contributed by atoms with Crippen LogP contribution in [0, 0.1) is 13.8 Å². The zero-order valence-corrected chi connectivity index (χ0v) is 14.5. The van der Waals surface area contributed by atoms with E-state index in [0.29, 0.717) is 12.1 Å². The zero-order chi connectivity index (χ0) is 16.4. The van der Waals surface area contributed by atoms with E-state index in [1.165, 1.54) is 5.56 Å². The number of hydrogen-bond donors (Lipinski definition) is 0. The van der Waals surface area contributed by atoms with Crippen molar-refractivity contribution in [2.24, 2.45) is 0 Å². The van der Waals surface area contributed by atoms with Gasteiger partial charge in [-0.2, -0.15) is 0 Å².